The minimum absolute atomic E-state index is 0.0960. The van der Waals surface area contributed by atoms with Crippen LogP contribution in [-0.4, -0.2) is 51.9 Å². The van der Waals surface area contributed by atoms with E-state index in [1.807, 2.05) is 30.3 Å². The normalized spacial score (nSPS) is 11.4. The molecule has 0 spiro atoms. The van der Waals surface area contributed by atoms with Crippen LogP contribution in [-0.2, 0) is 16.0 Å². The maximum absolute atomic E-state index is 13.0. The molecular formula is C20H23N3O4. The zero-order chi connectivity index (χ0) is 19.6. The van der Waals surface area contributed by atoms with Crippen LogP contribution in [0.5, 0.6) is 0 Å². The third-order valence-electron chi connectivity index (χ3n) is 4.10. The summed E-state index contributed by atoms with van der Waals surface area (Å²) >= 11 is 0. The number of nitrogens with zero attached hydrogens (tertiary/aromatic N) is 2. The molecule has 1 heterocycles. The second-order valence-electron chi connectivity index (χ2n) is 6.02. The monoisotopic (exact) mass is 369 g/mol. The van der Waals surface area contributed by atoms with Crippen LogP contribution >= 0.6 is 0 Å². The predicted molar refractivity (Wildman–Crippen MR) is 100 cm³/mol. The molecule has 2 aromatic rings. The molecule has 1 aromatic carbocycles. The number of carboxylic acid groups (broad SMARTS) is 1. The summed E-state index contributed by atoms with van der Waals surface area (Å²) in [5.74, 6) is -1.67. The molecule has 0 radical (unpaired) electrons. The molecule has 2 rings (SSSR count). The smallest absolute Gasteiger partial charge is 0.305 e. The molecule has 2 amide bonds. The number of hydrogen-bond acceptors (Lipinski definition) is 4. The molecule has 0 bridgehead atoms. The molecule has 7 heteroatoms. The molecule has 0 saturated carbocycles. The number of carbonyl (C=O) groups is 3. The lowest BCUT2D eigenvalue weighted by atomic mass is 10.0. The van der Waals surface area contributed by atoms with Gasteiger partial charge in [-0.1, -0.05) is 30.3 Å². The van der Waals surface area contributed by atoms with E-state index in [2.05, 4.69) is 10.3 Å². The maximum atomic E-state index is 13.0. The standard InChI is InChI=1S/C20H23N3O4/c1-2-23(12-10-18(24)25)20(27)17(13-15-7-4-3-5-8-15)22-19(26)16-9-6-11-21-14-16/h3-9,11,14,17H,2,10,12-13H2,1H3,(H,22,26)(H,24,25). The van der Waals surface area contributed by atoms with E-state index in [1.54, 1.807) is 25.3 Å². The predicted octanol–water partition coefficient (Wildman–Crippen LogP) is 1.75. The summed E-state index contributed by atoms with van der Waals surface area (Å²) in [6.07, 6.45) is 3.17. The Kier molecular flexibility index (Phi) is 7.49. The van der Waals surface area contributed by atoms with Gasteiger partial charge in [0.25, 0.3) is 5.91 Å². The molecule has 0 aliphatic heterocycles. The van der Waals surface area contributed by atoms with E-state index in [0.29, 0.717) is 18.5 Å². The topological polar surface area (TPSA) is 99.6 Å². The Hall–Kier alpha value is -3.22. The van der Waals surface area contributed by atoms with E-state index in [4.69, 9.17) is 5.11 Å². The molecule has 142 valence electrons. The van der Waals surface area contributed by atoms with Crippen LogP contribution in [0.25, 0.3) is 0 Å². The maximum Gasteiger partial charge on any atom is 0.305 e. The highest BCUT2D eigenvalue weighted by atomic mass is 16.4. The Morgan fingerprint density at radius 1 is 1.15 bits per heavy atom. The lowest BCUT2D eigenvalue weighted by Gasteiger charge is -2.26. The molecule has 0 saturated heterocycles. The number of carbonyl (C=O) groups excluding carboxylic acids is 2. The first kappa shape index (κ1) is 20.1. The highest BCUT2D eigenvalue weighted by Gasteiger charge is 2.26. The summed E-state index contributed by atoms with van der Waals surface area (Å²) in [7, 11) is 0. The molecule has 1 unspecified atom stereocenters. The van der Waals surface area contributed by atoms with Crippen molar-refractivity contribution < 1.29 is 19.5 Å². The van der Waals surface area contributed by atoms with Crippen molar-refractivity contribution in [2.24, 2.45) is 0 Å². The van der Waals surface area contributed by atoms with Crippen LogP contribution in [0.1, 0.15) is 29.3 Å². The number of likely N-dealkylation sites (N-methyl/N-ethyl adjacent to an activating group) is 1. The number of benzene rings is 1. The van der Waals surface area contributed by atoms with Crippen molar-refractivity contribution in [1.29, 1.82) is 0 Å². The van der Waals surface area contributed by atoms with Gasteiger partial charge in [0.1, 0.15) is 6.04 Å². The van der Waals surface area contributed by atoms with Crippen LogP contribution in [0.2, 0.25) is 0 Å². The van der Waals surface area contributed by atoms with Crippen molar-refractivity contribution in [2.75, 3.05) is 13.1 Å². The number of carboxylic acids is 1. The van der Waals surface area contributed by atoms with Gasteiger partial charge in [-0.15, -0.1) is 0 Å². The molecule has 1 atom stereocenters. The zero-order valence-electron chi connectivity index (χ0n) is 15.2. The number of aliphatic carboxylic acids is 1. The average molecular weight is 369 g/mol. The summed E-state index contributed by atoms with van der Waals surface area (Å²) in [4.78, 5) is 41.7. The van der Waals surface area contributed by atoms with Crippen LogP contribution in [0.3, 0.4) is 0 Å². The van der Waals surface area contributed by atoms with Crippen molar-refractivity contribution in [3.8, 4) is 0 Å². The van der Waals surface area contributed by atoms with E-state index in [-0.39, 0.29) is 18.9 Å². The van der Waals surface area contributed by atoms with E-state index in [9.17, 15) is 14.4 Å². The lowest BCUT2D eigenvalue weighted by molar-refractivity contribution is -0.139. The largest absolute Gasteiger partial charge is 0.481 e. The summed E-state index contributed by atoms with van der Waals surface area (Å²) in [6.45, 7) is 2.24. The third-order valence-corrected chi connectivity index (χ3v) is 4.10. The highest BCUT2D eigenvalue weighted by molar-refractivity contribution is 5.97. The van der Waals surface area contributed by atoms with Crippen molar-refractivity contribution in [1.82, 2.24) is 15.2 Å². The summed E-state index contributed by atoms with van der Waals surface area (Å²) in [5, 5.41) is 11.7. The van der Waals surface area contributed by atoms with Gasteiger partial charge < -0.3 is 15.3 Å². The lowest BCUT2D eigenvalue weighted by Crippen LogP contribution is -2.50. The molecule has 27 heavy (non-hydrogen) atoms. The van der Waals surface area contributed by atoms with E-state index in [0.717, 1.165) is 5.56 Å². The Labute approximate surface area is 158 Å². The molecular weight excluding hydrogens is 346 g/mol. The minimum atomic E-state index is -0.972. The van der Waals surface area contributed by atoms with E-state index in [1.165, 1.54) is 11.1 Å². The average Bonchev–Trinajstić information content (AvgIpc) is 2.69. The second-order valence-corrected chi connectivity index (χ2v) is 6.02. The number of aromatic nitrogens is 1. The summed E-state index contributed by atoms with van der Waals surface area (Å²) < 4.78 is 0. The fraction of sp³-hybridized carbons (Fsp3) is 0.300. The van der Waals surface area contributed by atoms with Crippen LogP contribution < -0.4 is 5.32 Å². The van der Waals surface area contributed by atoms with Gasteiger partial charge in [-0.05, 0) is 24.6 Å². The van der Waals surface area contributed by atoms with E-state index < -0.39 is 17.9 Å². The van der Waals surface area contributed by atoms with Crippen LogP contribution in [0.4, 0.5) is 0 Å². The van der Waals surface area contributed by atoms with Crippen molar-refractivity contribution in [3.63, 3.8) is 0 Å². The fourth-order valence-electron chi connectivity index (χ4n) is 2.66. The van der Waals surface area contributed by atoms with Gasteiger partial charge in [0.2, 0.25) is 5.91 Å². The van der Waals surface area contributed by atoms with Gasteiger partial charge in [0.05, 0.1) is 12.0 Å². The Balaban J connectivity index is 2.18. The number of nitrogens with one attached hydrogen (secondary N) is 1. The molecule has 1 aromatic heterocycles. The number of amides is 2. The first-order chi connectivity index (χ1) is 13.0. The van der Waals surface area contributed by atoms with Crippen molar-refractivity contribution >= 4 is 17.8 Å². The number of rotatable bonds is 9. The van der Waals surface area contributed by atoms with Crippen LogP contribution in [0, 0.1) is 0 Å². The molecule has 0 aliphatic rings. The number of hydrogen-bond donors (Lipinski definition) is 2. The minimum Gasteiger partial charge on any atom is -0.481 e. The quantitative estimate of drug-likeness (QED) is 0.701. The zero-order valence-corrected chi connectivity index (χ0v) is 15.2. The molecule has 2 N–H and O–H groups in total. The van der Waals surface area contributed by atoms with E-state index >= 15 is 0 Å². The van der Waals surface area contributed by atoms with Gasteiger partial charge in [0.15, 0.2) is 0 Å². The first-order valence-corrected chi connectivity index (χ1v) is 8.76. The van der Waals surface area contributed by atoms with Gasteiger partial charge in [-0.2, -0.15) is 0 Å². The van der Waals surface area contributed by atoms with Gasteiger partial charge >= 0.3 is 5.97 Å². The van der Waals surface area contributed by atoms with Gasteiger partial charge in [-0.3, -0.25) is 19.4 Å². The summed E-state index contributed by atoms with van der Waals surface area (Å²) in [6, 6.07) is 11.8. The molecule has 7 nitrogen and oxygen atoms in total. The second kappa shape index (κ2) is 10.1. The van der Waals surface area contributed by atoms with Crippen molar-refractivity contribution in [2.45, 2.75) is 25.8 Å². The Morgan fingerprint density at radius 2 is 1.89 bits per heavy atom. The fourth-order valence-corrected chi connectivity index (χ4v) is 2.66. The van der Waals surface area contributed by atoms with Gasteiger partial charge in [-0.25, -0.2) is 0 Å². The SMILES string of the molecule is CCN(CCC(=O)O)C(=O)C(Cc1ccccc1)NC(=O)c1cccnc1. The van der Waals surface area contributed by atoms with Crippen molar-refractivity contribution in [3.05, 3.63) is 66.0 Å². The van der Waals surface area contributed by atoms with Crippen LogP contribution in [0.15, 0.2) is 54.9 Å². The Morgan fingerprint density at radius 3 is 2.48 bits per heavy atom. The highest BCUT2D eigenvalue weighted by Crippen LogP contribution is 2.08. The Bertz CT molecular complexity index is 765. The molecule has 0 aliphatic carbocycles. The first-order valence-electron chi connectivity index (χ1n) is 8.76. The molecule has 0 fully saturated rings. The van der Waals surface area contributed by atoms with Gasteiger partial charge in [0, 0.05) is 31.9 Å². The summed E-state index contributed by atoms with van der Waals surface area (Å²) in [5.41, 5.74) is 1.26. The number of pyridine rings is 1. The third kappa shape index (κ3) is 6.22.